The lowest BCUT2D eigenvalue weighted by atomic mass is 9.86. The molecule has 0 fully saturated rings. The third-order valence-electron chi connectivity index (χ3n) is 3.16. The predicted molar refractivity (Wildman–Crippen MR) is 87.2 cm³/mol. The monoisotopic (exact) mass is 298 g/mol. The summed E-state index contributed by atoms with van der Waals surface area (Å²) in [4.78, 5) is 11.7. The first-order chi connectivity index (χ1) is 8.70. The van der Waals surface area contributed by atoms with Gasteiger partial charge in [-0.15, -0.1) is 12.4 Å². The molecular weight excluding hydrogens is 272 g/mol. The fourth-order valence-corrected chi connectivity index (χ4v) is 1.95. The summed E-state index contributed by atoms with van der Waals surface area (Å²) in [6.45, 7) is 10.4. The Labute approximate surface area is 128 Å². The fourth-order valence-electron chi connectivity index (χ4n) is 1.95. The van der Waals surface area contributed by atoms with E-state index in [2.05, 4.69) is 50.4 Å². The van der Waals surface area contributed by atoms with Gasteiger partial charge < -0.3 is 11.1 Å². The maximum Gasteiger partial charge on any atom is 0.222 e. The molecule has 0 bridgehead atoms. The lowest BCUT2D eigenvalue weighted by molar-refractivity contribution is -0.122. The SMILES string of the molecule is CC(N)CC(=O)NC(C)c1ccc(C(C)(C)C)cc1.Cl. The molecule has 0 spiro atoms. The predicted octanol–water partition coefficient (Wildman–Crippen LogP) is 3.32. The second-order valence-electron chi connectivity index (χ2n) is 6.34. The first-order valence-corrected chi connectivity index (χ1v) is 6.85. The number of benzene rings is 1. The summed E-state index contributed by atoms with van der Waals surface area (Å²) >= 11 is 0. The Balaban J connectivity index is 0.00000361. The van der Waals surface area contributed by atoms with Gasteiger partial charge in [0.05, 0.1) is 6.04 Å². The largest absolute Gasteiger partial charge is 0.350 e. The van der Waals surface area contributed by atoms with Crippen LogP contribution in [-0.2, 0) is 10.2 Å². The normalized spacial score (nSPS) is 14.1. The molecule has 0 radical (unpaired) electrons. The van der Waals surface area contributed by atoms with Crippen LogP contribution in [0.4, 0.5) is 0 Å². The Morgan fingerprint density at radius 3 is 2.10 bits per heavy atom. The van der Waals surface area contributed by atoms with Crippen molar-refractivity contribution in [1.82, 2.24) is 5.32 Å². The second-order valence-corrected chi connectivity index (χ2v) is 6.34. The standard InChI is InChI=1S/C16H26N2O.ClH/c1-11(17)10-15(19)18-12(2)13-6-8-14(9-7-13)16(3,4)5;/h6-9,11-12H,10,17H2,1-5H3,(H,18,19);1H. The molecule has 1 amide bonds. The third kappa shape index (κ3) is 5.93. The topological polar surface area (TPSA) is 55.1 Å². The first-order valence-electron chi connectivity index (χ1n) is 6.85. The van der Waals surface area contributed by atoms with E-state index >= 15 is 0 Å². The Bertz CT molecular complexity index is 421. The minimum Gasteiger partial charge on any atom is -0.350 e. The van der Waals surface area contributed by atoms with Crippen molar-refractivity contribution in [2.75, 3.05) is 0 Å². The van der Waals surface area contributed by atoms with E-state index in [1.54, 1.807) is 0 Å². The average Bonchev–Trinajstić information content (AvgIpc) is 2.26. The van der Waals surface area contributed by atoms with Crippen molar-refractivity contribution >= 4 is 18.3 Å². The zero-order valence-corrected chi connectivity index (χ0v) is 13.9. The summed E-state index contributed by atoms with van der Waals surface area (Å²) in [7, 11) is 0. The van der Waals surface area contributed by atoms with Gasteiger partial charge in [0, 0.05) is 12.5 Å². The van der Waals surface area contributed by atoms with Crippen LogP contribution >= 0.6 is 12.4 Å². The second kappa shape index (κ2) is 7.65. The van der Waals surface area contributed by atoms with Gasteiger partial charge in [-0.05, 0) is 30.4 Å². The molecule has 3 nitrogen and oxygen atoms in total. The molecule has 0 saturated carbocycles. The summed E-state index contributed by atoms with van der Waals surface area (Å²) in [6.07, 6.45) is 0.365. The molecule has 4 heteroatoms. The number of amides is 1. The molecule has 1 aromatic rings. The van der Waals surface area contributed by atoms with Crippen LogP contribution in [0.15, 0.2) is 24.3 Å². The smallest absolute Gasteiger partial charge is 0.222 e. The lowest BCUT2D eigenvalue weighted by Crippen LogP contribution is -2.31. The van der Waals surface area contributed by atoms with Crippen molar-refractivity contribution < 1.29 is 4.79 Å². The van der Waals surface area contributed by atoms with Crippen LogP contribution < -0.4 is 11.1 Å². The number of hydrogen-bond donors (Lipinski definition) is 2. The summed E-state index contributed by atoms with van der Waals surface area (Å²) < 4.78 is 0. The summed E-state index contributed by atoms with van der Waals surface area (Å²) in [5, 5.41) is 2.97. The molecule has 0 aliphatic heterocycles. The highest BCUT2D eigenvalue weighted by Gasteiger charge is 2.15. The maximum atomic E-state index is 11.7. The van der Waals surface area contributed by atoms with E-state index in [9.17, 15) is 4.79 Å². The van der Waals surface area contributed by atoms with Crippen molar-refractivity contribution in [2.24, 2.45) is 5.73 Å². The van der Waals surface area contributed by atoms with Crippen LogP contribution in [0.3, 0.4) is 0 Å². The number of nitrogens with two attached hydrogens (primary N) is 1. The fraction of sp³-hybridized carbons (Fsp3) is 0.562. The Morgan fingerprint density at radius 2 is 1.70 bits per heavy atom. The highest BCUT2D eigenvalue weighted by Crippen LogP contribution is 2.23. The maximum absolute atomic E-state index is 11.7. The van der Waals surface area contributed by atoms with Gasteiger partial charge in [-0.1, -0.05) is 45.0 Å². The number of nitrogens with one attached hydrogen (secondary N) is 1. The zero-order valence-electron chi connectivity index (χ0n) is 13.1. The minimum absolute atomic E-state index is 0. The van der Waals surface area contributed by atoms with Gasteiger partial charge in [0.25, 0.3) is 0 Å². The van der Waals surface area contributed by atoms with E-state index in [1.807, 2.05) is 13.8 Å². The van der Waals surface area contributed by atoms with E-state index in [0.717, 1.165) is 5.56 Å². The first kappa shape index (κ1) is 18.9. The van der Waals surface area contributed by atoms with E-state index in [0.29, 0.717) is 6.42 Å². The van der Waals surface area contributed by atoms with Crippen molar-refractivity contribution in [3.8, 4) is 0 Å². The average molecular weight is 299 g/mol. The number of rotatable bonds is 4. The number of halogens is 1. The molecular formula is C16H27ClN2O. The third-order valence-corrected chi connectivity index (χ3v) is 3.16. The van der Waals surface area contributed by atoms with Gasteiger partial charge in [-0.25, -0.2) is 0 Å². The van der Waals surface area contributed by atoms with E-state index in [-0.39, 0.29) is 35.8 Å². The number of carbonyl (C=O) groups excluding carboxylic acids is 1. The lowest BCUT2D eigenvalue weighted by Gasteiger charge is -2.21. The molecule has 0 aromatic heterocycles. The van der Waals surface area contributed by atoms with Crippen molar-refractivity contribution in [2.45, 2.75) is 58.5 Å². The van der Waals surface area contributed by atoms with Crippen LogP contribution in [0.25, 0.3) is 0 Å². The molecule has 1 rings (SSSR count). The molecule has 0 aliphatic rings. The molecule has 0 aliphatic carbocycles. The quantitative estimate of drug-likeness (QED) is 0.896. The van der Waals surface area contributed by atoms with Crippen LogP contribution in [0, 0.1) is 0 Å². The number of hydrogen-bond acceptors (Lipinski definition) is 2. The zero-order chi connectivity index (χ0) is 14.6. The van der Waals surface area contributed by atoms with Crippen molar-refractivity contribution in [3.05, 3.63) is 35.4 Å². The van der Waals surface area contributed by atoms with Gasteiger partial charge in [-0.2, -0.15) is 0 Å². The van der Waals surface area contributed by atoms with Crippen molar-refractivity contribution in [3.63, 3.8) is 0 Å². The highest BCUT2D eigenvalue weighted by molar-refractivity contribution is 5.85. The van der Waals surface area contributed by atoms with Gasteiger partial charge in [0.2, 0.25) is 5.91 Å². The summed E-state index contributed by atoms with van der Waals surface area (Å²) in [5.41, 5.74) is 8.18. The van der Waals surface area contributed by atoms with Gasteiger partial charge in [0.15, 0.2) is 0 Å². The molecule has 2 unspecified atom stereocenters. The Kier molecular flexibility index (Phi) is 7.25. The minimum atomic E-state index is -0.101. The highest BCUT2D eigenvalue weighted by atomic mass is 35.5. The Hall–Kier alpha value is -1.06. The van der Waals surface area contributed by atoms with Crippen molar-refractivity contribution in [1.29, 1.82) is 0 Å². The van der Waals surface area contributed by atoms with E-state index < -0.39 is 0 Å². The van der Waals surface area contributed by atoms with Gasteiger partial charge >= 0.3 is 0 Å². The van der Waals surface area contributed by atoms with Gasteiger partial charge in [0.1, 0.15) is 0 Å². The molecule has 3 N–H and O–H groups in total. The molecule has 114 valence electrons. The van der Waals surface area contributed by atoms with E-state index in [4.69, 9.17) is 5.73 Å². The van der Waals surface area contributed by atoms with E-state index in [1.165, 1.54) is 5.56 Å². The molecule has 1 aromatic carbocycles. The van der Waals surface area contributed by atoms with Crippen LogP contribution in [0.5, 0.6) is 0 Å². The number of carbonyl (C=O) groups is 1. The van der Waals surface area contributed by atoms with Gasteiger partial charge in [-0.3, -0.25) is 4.79 Å². The molecule has 2 atom stereocenters. The van der Waals surface area contributed by atoms with Crippen LogP contribution in [0.1, 0.15) is 58.2 Å². The molecule has 20 heavy (non-hydrogen) atoms. The summed E-state index contributed by atoms with van der Waals surface area (Å²) in [5.74, 6) is 0.00222. The molecule has 0 saturated heterocycles. The van der Waals surface area contributed by atoms with Crippen LogP contribution in [-0.4, -0.2) is 11.9 Å². The Morgan fingerprint density at radius 1 is 1.20 bits per heavy atom. The van der Waals surface area contributed by atoms with Crippen LogP contribution in [0.2, 0.25) is 0 Å². The molecule has 0 heterocycles. The summed E-state index contributed by atoms with van der Waals surface area (Å²) in [6, 6.07) is 8.33.